The molecule has 5 aliphatic rings. The number of aliphatic hydroxyl groups excluding tert-OH is 2. The minimum atomic E-state index is -0.638. The van der Waals surface area contributed by atoms with Crippen LogP contribution in [0, 0.1) is 39.4 Å². The predicted octanol–water partition coefficient (Wildman–Crippen LogP) is 4.24. The second-order valence-electron chi connectivity index (χ2n) is 12.4. The molecular weight excluding hydrogens is 364 g/mol. The number of hydrogen-bond acceptors (Lipinski definition) is 4. The van der Waals surface area contributed by atoms with Gasteiger partial charge in [-0.05, 0) is 72.5 Å². The van der Waals surface area contributed by atoms with E-state index in [2.05, 4.69) is 34.6 Å². The van der Waals surface area contributed by atoms with Gasteiger partial charge in [-0.1, -0.05) is 41.0 Å². The summed E-state index contributed by atoms with van der Waals surface area (Å²) in [5.74, 6) is 0.910. The van der Waals surface area contributed by atoms with E-state index < -0.39 is 23.7 Å². The van der Waals surface area contributed by atoms with Crippen LogP contribution in [0.4, 0.5) is 0 Å². The molecule has 0 bridgehead atoms. The summed E-state index contributed by atoms with van der Waals surface area (Å²) in [7, 11) is 0. The highest BCUT2D eigenvalue weighted by molar-refractivity contribution is 5.86. The van der Waals surface area contributed by atoms with E-state index in [0.717, 1.165) is 12.8 Å². The standard InChI is InChI=1S/C25H38O4/c1-22(2)8-6-9-23(3)16(22)7-10-24(4)17(23)13-19(27)25(5)18(24)12-15(26)14-11-20(28)29-21(14)25/h11,15-19,21,26-27H,6-10,12-13H2,1-5H3/t15-,16?,17?,18?,19+,21-,23-,24+,25+/m0/s1. The number of hydrogen-bond donors (Lipinski definition) is 2. The molecule has 0 aromatic heterocycles. The molecule has 9 atom stereocenters. The topological polar surface area (TPSA) is 66.8 Å². The Balaban J connectivity index is 1.59. The Bertz CT molecular complexity index is 771. The molecule has 0 saturated heterocycles. The van der Waals surface area contributed by atoms with Gasteiger partial charge < -0.3 is 14.9 Å². The lowest BCUT2D eigenvalue weighted by molar-refractivity contribution is -0.253. The van der Waals surface area contributed by atoms with Crippen molar-refractivity contribution in [2.75, 3.05) is 0 Å². The third kappa shape index (κ3) is 2.36. The molecule has 4 aliphatic carbocycles. The number of carbonyl (C=O) groups is 1. The first-order valence-corrected chi connectivity index (χ1v) is 11.7. The highest BCUT2D eigenvalue weighted by Gasteiger charge is 2.70. The highest BCUT2D eigenvalue weighted by Crippen LogP contribution is 2.73. The molecule has 4 fully saturated rings. The summed E-state index contributed by atoms with van der Waals surface area (Å²) in [4.78, 5) is 12.1. The normalized spacial score (nSPS) is 55.7. The number of rotatable bonds is 0. The summed E-state index contributed by atoms with van der Waals surface area (Å²) in [6.07, 6.45) is 7.41. The SMILES string of the molecule is CC1(C)CCC[C@@]2(C)C1CC[C@]1(C)C2C[C@@H](O)[C@@]2(C)C1C[C@H](O)C1=CC(=O)O[C@@H]12. The zero-order valence-electron chi connectivity index (χ0n) is 18.7. The molecule has 0 spiro atoms. The smallest absolute Gasteiger partial charge is 0.331 e. The van der Waals surface area contributed by atoms with Crippen LogP contribution in [0.3, 0.4) is 0 Å². The summed E-state index contributed by atoms with van der Waals surface area (Å²) in [6.45, 7) is 11.9. The maximum absolute atomic E-state index is 12.1. The van der Waals surface area contributed by atoms with Crippen LogP contribution in [-0.2, 0) is 9.53 Å². The van der Waals surface area contributed by atoms with E-state index in [-0.39, 0.29) is 22.7 Å². The average Bonchev–Trinajstić information content (AvgIpc) is 3.02. The van der Waals surface area contributed by atoms with Crippen molar-refractivity contribution in [3.05, 3.63) is 11.6 Å². The zero-order chi connectivity index (χ0) is 21.0. The molecule has 4 heteroatoms. The molecule has 4 nitrogen and oxygen atoms in total. The van der Waals surface area contributed by atoms with Gasteiger partial charge in [0.05, 0.1) is 12.2 Å². The molecule has 0 aromatic rings. The number of aliphatic hydroxyl groups is 2. The van der Waals surface area contributed by atoms with Crippen LogP contribution in [0.15, 0.2) is 11.6 Å². The van der Waals surface area contributed by atoms with Crippen molar-refractivity contribution in [1.29, 1.82) is 0 Å². The summed E-state index contributed by atoms with van der Waals surface area (Å²) < 4.78 is 5.72. The lowest BCUT2D eigenvalue weighted by atomic mass is 9.35. The van der Waals surface area contributed by atoms with Gasteiger partial charge in [-0.15, -0.1) is 0 Å². The van der Waals surface area contributed by atoms with Crippen LogP contribution < -0.4 is 0 Å². The van der Waals surface area contributed by atoms with Crippen molar-refractivity contribution in [2.45, 2.75) is 97.9 Å². The summed E-state index contributed by atoms with van der Waals surface area (Å²) >= 11 is 0. The summed E-state index contributed by atoms with van der Waals surface area (Å²) in [6, 6.07) is 0. The fourth-order valence-electron chi connectivity index (χ4n) is 9.49. The molecule has 29 heavy (non-hydrogen) atoms. The first kappa shape index (κ1) is 20.1. The fraction of sp³-hybridized carbons (Fsp3) is 0.880. The third-order valence-electron chi connectivity index (χ3n) is 10.8. The Labute approximate surface area is 175 Å². The summed E-state index contributed by atoms with van der Waals surface area (Å²) in [5.41, 5.74) is 0.797. The van der Waals surface area contributed by atoms with Gasteiger partial charge in [0.1, 0.15) is 6.10 Å². The van der Waals surface area contributed by atoms with E-state index >= 15 is 0 Å². The van der Waals surface area contributed by atoms with Gasteiger partial charge in [-0.2, -0.15) is 0 Å². The molecule has 1 heterocycles. The van der Waals surface area contributed by atoms with Crippen molar-refractivity contribution in [3.8, 4) is 0 Å². The molecule has 5 rings (SSSR count). The number of carbonyl (C=O) groups excluding carboxylic acids is 1. The molecule has 4 saturated carbocycles. The fourth-order valence-corrected chi connectivity index (χ4v) is 9.49. The van der Waals surface area contributed by atoms with Gasteiger partial charge in [-0.25, -0.2) is 4.79 Å². The minimum absolute atomic E-state index is 0.0498. The lowest BCUT2D eigenvalue weighted by Crippen LogP contribution is -2.68. The van der Waals surface area contributed by atoms with Crippen molar-refractivity contribution in [1.82, 2.24) is 0 Å². The zero-order valence-corrected chi connectivity index (χ0v) is 18.7. The van der Waals surface area contributed by atoms with Gasteiger partial charge in [0, 0.05) is 17.1 Å². The van der Waals surface area contributed by atoms with Crippen LogP contribution in [-0.4, -0.2) is 34.5 Å². The first-order chi connectivity index (χ1) is 13.4. The van der Waals surface area contributed by atoms with Crippen molar-refractivity contribution < 1.29 is 19.7 Å². The minimum Gasteiger partial charge on any atom is -0.454 e. The van der Waals surface area contributed by atoms with Gasteiger partial charge in [0.15, 0.2) is 0 Å². The Hall–Kier alpha value is -0.870. The predicted molar refractivity (Wildman–Crippen MR) is 111 cm³/mol. The quantitative estimate of drug-likeness (QED) is 0.595. The molecule has 2 N–H and O–H groups in total. The molecule has 0 amide bonds. The maximum Gasteiger partial charge on any atom is 0.331 e. The van der Waals surface area contributed by atoms with E-state index in [1.165, 1.54) is 31.8 Å². The number of fused-ring (bicyclic) bond motifs is 7. The van der Waals surface area contributed by atoms with E-state index in [4.69, 9.17) is 4.74 Å². The number of esters is 1. The molecule has 162 valence electrons. The molecule has 0 aromatic carbocycles. The third-order valence-corrected chi connectivity index (χ3v) is 10.8. The second kappa shape index (κ2) is 5.88. The van der Waals surface area contributed by atoms with Gasteiger partial charge in [-0.3, -0.25) is 0 Å². The largest absolute Gasteiger partial charge is 0.454 e. The Kier molecular flexibility index (Phi) is 4.07. The van der Waals surface area contributed by atoms with Crippen molar-refractivity contribution in [3.63, 3.8) is 0 Å². The monoisotopic (exact) mass is 402 g/mol. The van der Waals surface area contributed by atoms with E-state index in [0.29, 0.717) is 29.2 Å². The van der Waals surface area contributed by atoms with Crippen LogP contribution in [0.1, 0.15) is 79.6 Å². The first-order valence-electron chi connectivity index (χ1n) is 11.7. The maximum atomic E-state index is 12.1. The Morgan fingerprint density at radius 1 is 0.931 bits per heavy atom. The van der Waals surface area contributed by atoms with Gasteiger partial charge in [0.2, 0.25) is 0 Å². The van der Waals surface area contributed by atoms with Gasteiger partial charge >= 0.3 is 5.97 Å². The van der Waals surface area contributed by atoms with Crippen LogP contribution >= 0.6 is 0 Å². The van der Waals surface area contributed by atoms with E-state index in [1.807, 2.05) is 0 Å². The summed E-state index contributed by atoms with van der Waals surface area (Å²) in [5, 5.41) is 22.5. The van der Waals surface area contributed by atoms with Gasteiger partial charge in [0.25, 0.3) is 0 Å². The molecule has 3 unspecified atom stereocenters. The van der Waals surface area contributed by atoms with E-state index in [9.17, 15) is 15.0 Å². The van der Waals surface area contributed by atoms with Crippen molar-refractivity contribution >= 4 is 5.97 Å². The van der Waals surface area contributed by atoms with Crippen LogP contribution in [0.25, 0.3) is 0 Å². The van der Waals surface area contributed by atoms with E-state index in [1.54, 1.807) is 0 Å². The lowest BCUT2D eigenvalue weighted by Gasteiger charge is -2.70. The molecule has 0 radical (unpaired) electrons. The molecular formula is C25H38O4. The highest BCUT2D eigenvalue weighted by atomic mass is 16.6. The van der Waals surface area contributed by atoms with Crippen molar-refractivity contribution in [2.24, 2.45) is 39.4 Å². The molecule has 1 aliphatic heterocycles. The van der Waals surface area contributed by atoms with Crippen LogP contribution in [0.2, 0.25) is 0 Å². The Morgan fingerprint density at radius 3 is 2.34 bits per heavy atom. The Morgan fingerprint density at radius 2 is 1.62 bits per heavy atom. The number of ether oxygens (including phenoxy) is 1. The second-order valence-corrected chi connectivity index (χ2v) is 12.4. The van der Waals surface area contributed by atoms with Crippen LogP contribution in [0.5, 0.6) is 0 Å². The average molecular weight is 403 g/mol.